The summed E-state index contributed by atoms with van der Waals surface area (Å²) in [6.07, 6.45) is 3.72. The van der Waals surface area contributed by atoms with Gasteiger partial charge in [-0.15, -0.1) is 6.58 Å². The van der Waals surface area contributed by atoms with E-state index in [2.05, 4.69) is 16.9 Å². The molecule has 92 valence electrons. The van der Waals surface area contributed by atoms with E-state index < -0.39 is 6.04 Å². The van der Waals surface area contributed by atoms with E-state index in [4.69, 9.17) is 10.5 Å². The number of nitrogens with one attached hydrogen (secondary N) is 1. The molecule has 1 rings (SSSR count). The molecule has 0 bridgehead atoms. The molecule has 0 saturated heterocycles. The molecule has 1 unspecified atom stereocenters. The first-order valence-electron chi connectivity index (χ1n) is 5.30. The third kappa shape index (κ3) is 4.24. The number of hydrogen-bond donors (Lipinski definition) is 2. The van der Waals surface area contributed by atoms with Gasteiger partial charge in [-0.05, 0) is 18.1 Å². The zero-order valence-electron chi connectivity index (χ0n) is 9.85. The number of pyridine rings is 1. The van der Waals surface area contributed by atoms with Gasteiger partial charge < -0.3 is 15.8 Å². The van der Waals surface area contributed by atoms with Crippen LogP contribution < -0.4 is 15.8 Å². The van der Waals surface area contributed by atoms with Crippen molar-refractivity contribution in [1.29, 1.82) is 0 Å². The average molecular weight is 235 g/mol. The predicted molar refractivity (Wildman–Crippen MR) is 65.4 cm³/mol. The van der Waals surface area contributed by atoms with E-state index >= 15 is 0 Å². The fourth-order valence-electron chi connectivity index (χ4n) is 1.28. The Morgan fingerprint density at radius 3 is 3.18 bits per heavy atom. The van der Waals surface area contributed by atoms with Crippen molar-refractivity contribution in [2.75, 3.05) is 7.11 Å². The lowest BCUT2D eigenvalue weighted by Crippen LogP contribution is -2.39. The van der Waals surface area contributed by atoms with Gasteiger partial charge in [-0.1, -0.05) is 6.08 Å². The first-order chi connectivity index (χ1) is 8.17. The van der Waals surface area contributed by atoms with E-state index in [1.54, 1.807) is 25.4 Å². The number of ether oxygens (including phenoxy) is 1. The van der Waals surface area contributed by atoms with E-state index in [0.29, 0.717) is 18.8 Å². The van der Waals surface area contributed by atoms with Crippen LogP contribution in [0.4, 0.5) is 0 Å². The lowest BCUT2D eigenvalue weighted by atomic mass is 10.2. The lowest BCUT2D eigenvalue weighted by molar-refractivity contribution is -0.122. The molecular formula is C12H17N3O2. The van der Waals surface area contributed by atoms with Crippen LogP contribution in [0, 0.1) is 0 Å². The van der Waals surface area contributed by atoms with Crippen LogP contribution in [-0.4, -0.2) is 24.0 Å². The van der Waals surface area contributed by atoms with E-state index in [9.17, 15) is 4.79 Å². The van der Waals surface area contributed by atoms with Gasteiger partial charge in [0.15, 0.2) is 0 Å². The van der Waals surface area contributed by atoms with Crippen molar-refractivity contribution in [2.24, 2.45) is 5.73 Å². The molecule has 0 radical (unpaired) electrons. The Kier molecular flexibility index (Phi) is 5.16. The van der Waals surface area contributed by atoms with Crippen LogP contribution in [0.1, 0.15) is 12.0 Å². The molecule has 17 heavy (non-hydrogen) atoms. The second-order valence-electron chi connectivity index (χ2n) is 3.56. The maximum absolute atomic E-state index is 11.5. The van der Waals surface area contributed by atoms with Gasteiger partial charge in [0.2, 0.25) is 11.8 Å². The summed E-state index contributed by atoms with van der Waals surface area (Å²) in [7, 11) is 1.55. The quantitative estimate of drug-likeness (QED) is 0.708. The van der Waals surface area contributed by atoms with E-state index in [1.807, 2.05) is 6.07 Å². The van der Waals surface area contributed by atoms with Gasteiger partial charge in [-0.2, -0.15) is 0 Å². The molecule has 1 aromatic heterocycles. The molecule has 5 heteroatoms. The van der Waals surface area contributed by atoms with Crippen molar-refractivity contribution in [2.45, 2.75) is 19.0 Å². The third-order valence-electron chi connectivity index (χ3n) is 2.23. The third-order valence-corrected chi connectivity index (χ3v) is 2.23. The SMILES string of the molecule is C=CCC(N)C(=O)NCc1ccnc(OC)c1. The largest absolute Gasteiger partial charge is 0.481 e. The van der Waals surface area contributed by atoms with Crippen molar-refractivity contribution in [3.05, 3.63) is 36.5 Å². The number of aromatic nitrogens is 1. The van der Waals surface area contributed by atoms with Crippen molar-refractivity contribution < 1.29 is 9.53 Å². The Hall–Kier alpha value is -1.88. The average Bonchev–Trinajstić information content (AvgIpc) is 2.36. The molecule has 0 saturated carbocycles. The fraction of sp³-hybridized carbons (Fsp3) is 0.333. The second kappa shape index (κ2) is 6.65. The summed E-state index contributed by atoms with van der Waals surface area (Å²) in [5.74, 6) is 0.327. The van der Waals surface area contributed by atoms with Crippen molar-refractivity contribution >= 4 is 5.91 Å². The van der Waals surface area contributed by atoms with Gasteiger partial charge in [0, 0.05) is 18.8 Å². The standard InChI is InChI=1S/C12H17N3O2/c1-3-4-10(13)12(16)15-8-9-5-6-14-11(7-9)17-2/h3,5-7,10H,1,4,8,13H2,2H3,(H,15,16). The van der Waals surface area contributed by atoms with Crippen molar-refractivity contribution in [3.8, 4) is 5.88 Å². The summed E-state index contributed by atoms with van der Waals surface area (Å²) < 4.78 is 4.99. The summed E-state index contributed by atoms with van der Waals surface area (Å²) in [5, 5.41) is 2.74. The minimum Gasteiger partial charge on any atom is -0.481 e. The zero-order valence-corrected chi connectivity index (χ0v) is 9.85. The van der Waals surface area contributed by atoms with E-state index in [1.165, 1.54) is 0 Å². The number of carbonyl (C=O) groups excluding carboxylic acids is 1. The van der Waals surface area contributed by atoms with Gasteiger partial charge in [0.25, 0.3) is 0 Å². The summed E-state index contributed by atoms with van der Waals surface area (Å²) in [6, 6.07) is 3.03. The van der Waals surface area contributed by atoms with Gasteiger partial charge in [0.1, 0.15) is 0 Å². The zero-order chi connectivity index (χ0) is 12.7. The lowest BCUT2D eigenvalue weighted by Gasteiger charge is -2.10. The summed E-state index contributed by atoms with van der Waals surface area (Å²) in [6.45, 7) is 3.94. The van der Waals surface area contributed by atoms with Crippen LogP contribution in [0.5, 0.6) is 5.88 Å². The Labute approximate surface area is 101 Å². The highest BCUT2D eigenvalue weighted by molar-refractivity contribution is 5.81. The summed E-state index contributed by atoms with van der Waals surface area (Å²) in [4.78, 5) is 15.5. The molecule has 1 heterocycles. The molecule has 0 spiro atoms. The van der Waals surface area contributed by atoms with Gasteiger partial charge in [0.05, 0.1) is 13.2 Å². The first kappa shape index (κ1) is 13.2. The summed E-state index contributed by atoms with van der Waals surface area (Å²) in [5.41, 5.74) is 6.54. The number of nitrogens with two attached hydrogens (primary N) is 1. The number of hydrogen-bond acceptors (Lipinski definition) is 4. The topological polar surface area (TPSA) is 77.2 Å². The van der Waals surface area contributed by atoms with Crippen LogP contribution in [0.3, 0.4) is 0 Å². The predicted octanol–water partition coefficient (Wildman–Crippen LogP) is 0.610. The van der Waals surface area contributed by atoms with E-state index in [-0.39, 0.29) is 5.91 Å². The molecule has 3 N–H and O–H groups in total. The van der Waals surface area contributed by atoms with Gasteiger partial charge in [-0.25, -0.2) is 4.98 Å². The minimum absolute atomic E-state index is 0.194. The fourth-order valence-corrected chi connectivity index (χ4v) is 1.28. The monoisotopic (exact) mass is 235 g/mol. The Balaban J connectivity index is 2.49. The molecular weight excluding hydrogens is 218 g/mol. The van der Waals surface area contributed by atoms with Crippen molar-refractivity contribution in [1.82, 2.24) is 10.3 Å². The number of amides is 1. The number of methoxy groups -OCH3 is 1. The maximum atomic E-state index is 11.5. The van der Waals surface area contributed by atoms with Crippen LogP contribution >= 0.6 is 0 Å². The molecule has 0 fully saturated rings. The molecule has 0 aromatic carbocycles. The normalized spacial score (nSPS) is 11.6. The minimum atomic E-state index is -0.545. The molecule has 0 aliphatic rings. The van der Waals surface area contributed by atoms with Gasteiger partial charge in [-0.3, -0.25) is 4.79 Å². The number of carbonyl (C=O) groups is 1. The molecule has 5 nitrogen and oxygen atoms in total. The van der Waals surface area contributed by atoms with E-state index in [0.717, 1.165) is 5.56 Å². The molecule has 1 atom stereocenters. The second-order valence-corrected chi connectivity index (χ2v) is 3.56. The highest BCUT2D eigenvalue weighted by Crippen LogP contribution is 2.08. The van der Waals surface area contributed by atoms with Crippen molar-refractivity contribution in [3.63, 3.8) is 0 Å². The maximum Gasteiger partial charge on any atom is 0.237 e. The number of nitrogens with zero attached hydrogens (tertiary/aromatic N) is 1. The number of rotatable bonds is 6. The smallest absolute Gasteiger partial charge is 0.237 e. The molecule has 1 aromatic rings. The molecule has 0 aliphatic carbocycles. The summed E-state index contributed by atoms with van der Waals surface area (Å²) >= 11 is 0. The Morgan fingerprint density at radius 2 is 2.53 bits per heavy atom. The Bertz CT molecular complexity index is 393. The molecule has 0 aliphatic heterocycles. The Morgan fingerprint density at radius 1 is 1.76 bits per heavy atom. The molecule has 1 amide bonds. The van der Waals surface area contributed by atoms with Crippen LogP contribution in [0.25, 0.3) is 0 Å². The highest BCUT2D eigenvalue weighted by Gasteiger charge is 2.10. The highest BCUT2D eigenvalue weighted by atomic mass is 16.5. The van der Waals surface area contributed by atoms with Crippen LogP contribution in [0.15, 0.2) is 31.0 Å². The van der Waals surface area contributed by atoms with Gasteiger partial charge >= 0.3 is 0 Å². The first-order valence-corrected chi connectivity index (χ1v) is 5.30. The van der Waals surface area contributed by atoms with Crippen LogP contribution in [-0.2, 0) is 11.3 Å². The van der Waals surface area contributed by atoms with Crippen LogP contribution in [0.2, 0.25) is 0 Å².